The van der Waals surface area contributed by atoms with Crippen LogP contribution in [0.2, 0.25) is 5.02 Å². The first-order valence-corrected chi connectivity index (χ1v) is 4.69. The summed E-state index contributed by atoms with van der Waals surface area (Å²) >= 11 is 5.85. The minimum atomic E-state index is 0.173. The van der Waals surface area contributed by atoms with Gasteiger partial charge in [-0.15, -0.1) is 0 Å². The van der Waals surface area contributed by atoms with Gasteiger partial charge in [0.25, 0.3) is 0 Å². The molecule has 1 aromatic rings. The van der Waals surface area contributed by atoms with Crippen molar-refractivity contribution in [3.63, 3.8) is 0 Å². The summed E-state index contributed by atoms with van der Waals surface area (Å²) in [5.41, 5.74) is 1.10. The maximum Gasteiger partial charge on any atom is 0.122 e. The molecule has 0 spiro atoms. The topological polar surface area (TPSA) is 29.5 Å². The van der Waals surface area contributed by atoms with Gasteiger partial charge in [0.2, 0.25) is 0 Å². The van der Waals surface area contributed by atoms with Crippen molar-refractivity contribution in [2.75, 3.05) is 13.2 Å². The number of hydrogen-bond acceptors (Lipinski definition) is 2. The number of halogens is 1. The maximum atomic E-state index is 8.97. The molecule has 0 bridgehead atoms. The van der Waals surface area contributed by atoms with Crippen LogP contribution in [0.4, 0.5) is 0 Å². The second kappa shape index (κ2) is 3.56. The zero-order valence-electron chi connectivity index (χ0n) is 7.16. The highest BCUT2D eigenvalue weighted by Gasteiger charge is 2.18. The van der Waals surface area contributed by atoms with Crippen molar-refractivity contribution in [3.8, 4) is 5.75 Å². The van der Waals surface area contributed by atoms with E-state index < -0.39 is 0 Å². The van der Waals surface area contributed by atoms with Crippen LogP contribution in [0, 0.1) is 5.92 Å². The van der Waals surface area contributed by atoms with Crippen LogP contribution in [0.15, 0.2) is 18.2 Å². The zero-order chi connectivity index (χ0) is 9.26. The number of rotatable bonds is 1. The lowest BCUT2D eigenvalue weighted by atomic mass is 9.98. The molecule has 1 aliphatic heterocycles. The monoisotopic (exact) mass is 198 g/mol. The van der Waals surface area contributed by atoms with Crippen LogP contribution in [0.3, 0.4) is 0 Å². The van der Waals surface area contributed by atoms with Crippen LogP contribution in [-0.2, 0) is 6.42 Å². The van der Waals surface area contributed by atoms with E-state index in [0.29, 0.717) is 6.61 Å². The minimum Gasteiger partial charge on any atom is -0.493 e. The number of fused-ring (bicyclic) bond motifs is 1. The van der Waals surface area contributed by atoms with Crippen molar-refractivity contribution in [1.29, 1.82) is 0 Å². The van der Waals surface area contributed by atoms with Gasteiger partial charge < -0.3 is 9.84 Å². The second-order valence-corrected chi connectivity index (χ2v) is 3.75. The Bertz CT molecular complexity index is 312. The fourth-order valence-corrected chi connectivity index (χ4v) is 1.74. The molecule has 0 radical (unpaired) electrons. The normalized spacial score (nSPS) is 20.6. The van der Waals surface area contributed by atoms with Crippen molar-refractivity contribution in [2.24, 2.45) is 5.92 Å². The fourth-order valence-electron chi connectivity index (χ4n) is 1.54. The molecule has 1 heterocycles. The van der Waals surface area contributed by atoms with Crippen molar-refractivity contribution in [2.45, 2.75) is 6.42 Å². The highest BCUT2D eigenvalue weighted by molar-refractivity contribution is 6.30. The van der Waals surface area contributed by atoms with E-state index in [9.17, 15) is 0 Å². The third-order valence-corrected chi connectivity index (χ3v) is 2.50. The molecule has 1 atom stereocenters. The molecule has 1 N–H and O–H groups in total. The van der Waals surface area contributed by atoms with E-state index >= 15 is 0 Å². The molecule has 0 aromatic heterocycles. The first-order chi connectivity index (χ1) is 6.29. The molecule has 70 valence electrons. The third-order valence-electron chi connectivity index (χ3n) is 2.26. The Labute approximate surface area is 82.1 Å². The Hall–Kier alpha value is -0.730. The molecule has 0 fully saturated rings. The average Bonchev–Trinajstić information content (AvgIpc) is 2.16. The van der Waals surface area contributed by atoms with Crippen LogP contribution >= 0.6 is 11.6 Å². The maximum absolute atomic E-state index is 8.97. The molecule has 0 amide bonds. The Kier molecular flexibility index (Phi) is 2.42. The summed E-state index contributed by atoms with van der Waals surface area (Å²) in [5, 5.41) is 9.70. The summed E-state index contributed by atoms with van der Waals surface area (Å²) in [6, 6.07) is 5.60. The van der Waals surface area contributed by atoms with E-state index in [4.69, 9.17) is 21.4 Å². The van der Waals surface area contributed by atoms with Crippen molar-refractivity contribution >= 4 is 11.6 Å². The van der Waals surface area contributed by atoms with Gasteiger partial charge in [-0.2, -0.15) is 0 Å². The van der Waals surface area contributed by atoms with Gasteiger partial charge in [0.15, 0.2) is 0 Å². The molecule has 1 aromatic carbocycles. The third kappa shape index (κ3) is 1.79. The highest BCUT2D eigenvalue weighted by Crippen LogP contribution is 2.29. The molecule has 2 rings (SSSR count). The molecule has 3 heteroatoms. The summed E-state index contributed by atoms with van der Waals surface area (Å²) in [6.07, 6.45) is 0.854. The van der Waals surface area contributed by atoms with Crippen LogP contribution in [0.1, 0.15) is 5.56 Å². The molecule has 0 saturated heterocycles. The summed E-state index contributed by atoms with van der Waals surface area (Å²) in [7, 11) is 0. The lowest BCUT2D eigenvalue weighted by Gasteiger charge is -2.23. The number of aliphatic hydroxyl groups is 1. The Morgan fingerprint density at radius 3 is 3.15 bits per heavy atom. The van der Waals surface area contributed by atoms with E-state index in [2.05, 4.69) is 0 Å². The van der Waals surface area contributed by atoms with Gasteiger partial charge in [-0.05, 0) is 30.2 Å². The zero-order valence-corrected chi connectivity index (χ0v) is 7.92. The predicted octanol–water partition coefficient (Wildman–Crippen LogP) is 1.88. The molecular formula is C10H11ClO2. The molecule has 1 unspecified atom stereocenters. The Morgan fingerprint density at radius 1 is 1.54 bits per heavy atom. The second-order valence-electron chi connectivity index (χ2n) is 3.32. The molecule has 2 nitrogen and oxygen atoms in total. The smallest absolute Gasteiger partial charge is 0.122 e. The number of hydrogen-bond donors (Lipinski definition) is 1. The molecular weight excluding hydrogens is 188 g/mol. The molecule has 1 aliphatic rings. The van der Waals surface area contributed by atoms with E-state index in [1.807, 2.05) is 18.2 Å². The summed E-state index contributed by atoms with van der Waals surface area (Å²) in [5.74, 6) is 1.11. The van der Waals surface area contributed by atoms with E-state index in [1.54, 1.807) is 0 Å². The lowest BCUT2D eigenvalue weighted by molar-refractivity contribution is 0.147. The SMILES string of the molecule is OCC1COc2ccc(Cl)cc2C1. The molecule has 13 heavy (non-hydrogen) atoms. The predicted molar refractivity (Wildman–Crippen MR) is 51.2 cm³/mol. The van der Waals surface area contributed by atoms with Gasteiger partial charge in [0.05, 0.1) is 6.61 Å². The highest BCUT2D eigenvalue weighted by atomic mass is 35.5. The Morgan fingerprint density at radius 2 is 2.38 bits per heavy atom. The number of ether oxygens (including phenoxy) is 1. The first kappa shape index (κ1) is 8.85. The van der Waals surface area contributed by atoms with Crippen molar-refractivity contribution < 1.29 is 9.84 Å². The van der Waals surface area contributed by atoms with Crippen LogP contribution in [-0.4, -0.2) is 18.3 Å². The van der Waals surface area contributed by atoms with Gasteiger partial charge in [-0.25, -0.2) is 0 Å². The fraction of sp³-hybridized carbons (Fsp3) is 0.400. The van der Waals surface area contributed by atoms with Gasteiger partial charge in [-0.3, -0.25) is 0 Å². The number of benzene rings is 1. The molecule has 0 saturated carbocycles. The summed E-state index contributed by atoms with van der Waals surface area (Å²) in [6.45, 7) is 0.775. The largest absolute Gasteiger partial charge is 0.493 e. The summed E-state index contributed by atoms with van der Waals surface area (Å²) in [4.78, 5) is 0. The van der Waals surface area contributed by atoms with Crippen molar-refractivity contribution in [1.82, 2.24) is 0 Å². The first-order valence-electron chi connectivity index (χ1n) is 4.31. The lowest BCUT2D eigenvalue weighted by Crippen LogP contribution is -2.23. The van der Waals surface area contributed by atoms with Gasteiger partial charge in [-0.1, -0.05) is 11.6 Å². The molecule has 0 aliphatic carbocycles. The van der Waals surface area contributed by atoms with E-state index in [0.717, 1.165) is 22.8 Å². The van der Waals surface area contributed by atoms with E-state index in [-0.39, 0.29) is 12.5 Å². The van der Waals surface area contributed by atoms with Crippen LogP contribution in [0.5, 0.6) is 5.75 Å². The van der Waals surface area contributed by atoms with Gasteiger partial charge >= 0.3 is 0 Å². The minimum absolute atomic E-state index is 0.173. The van der Waals surface area contributed by atoms with Crippen molar-refractivity contribution in [3.05, 3.63) is 28.8 Å². The Balaban J connectivity index is 2.27. The van der Waals surface area contributed by atoms with Gasteiger partial charge in [0, 0.05) is 17.5 Å². The number of aliphatic hydroxyl groups excluding tert-OH is 1. The average molecular weight is 199 g/mol. The quantitative estimate of drug-likeness (QED) is 0.747. The van der Waals surface area contributed by atoms with Crippen LogP contribution < -0.4 is 4.74 Å². The van der Waals surface area contributed by atoms with E-state index in [1.165, 1.54) is 0 Å². The standard InChI is InChI=1S/C10H11ClO2/c11-9-1-2-10-8(4-9)3-7(5-12)6-13-10/h1-2,4,7,12H,3,5-6H2. The summed E-state index contributed by atoms with van der Waals surface area (Å²) < 4.78 is 5.46. The van der Waals surface area contributed by atoms with Gasteiger partial charge in [0.1, 0.15) is 5.75 Å². The van der Waals surface area contributed by atoms with Crippen LogP contribution in [0.25, 0.3) is 0 Å².